The Morgan fingerprint density at radius 3 is 2.79 bits per heavy atom. The van der Waals surface area contributed by atoms with E-state index < -0.39 is 0 Å². The fraction of sp³-hybridized carbons (Fsp3) is 0.455. The maximum absolute atomic E-state index is 9.12. The van der Waals surface area contributed by atoms with Crippen molar-refractivity contribution in [2.24, 2.45) is 0 Å². The Labute approximate surface area is 83.7 Å². The highest BCUT2D eigenvalue weighted by molar-refractivity contribution is 5.26. The van der Waals surface area contributed by atoms with E-state index in [1.165, 1.54) is 5.56 Å². The fourth-order valence-corrected chi connectivity index (χ4v) is 1.65. The number of hydrogen-bond acceptors (Lipinski definition) is 3. The van der Waals surface area contributed by atoms with Gasteiger partial charge in [0.25, 0.3) is 0 Å². The van der Waals surface area contributed by atoms with Gasteiger partial charge in [-0.2, -0.15) is 0 Å². The zero-order valence-electron chi connectivity index (χ0n) is 8.07. The van der Waals surface area contributed by atoms with Crippen LogP contribution in [-0.4, -0.2) is 30.9 Å². The van der Waals surface area contributed by atoms with Crippen LogP contribution in [0.2, 0.25) is 0 Å². The van der Waals surface area contributed by atoms with Gasteiger partial charge in [0.1, 0.15) is 5.75 Å². The first-order chi connectivity index (χ1) is 6.84. The summed E-state index contributed by atoms with van der Waals surface area (Å²) in [5, 5.41) is 12.4. The first-order valence-electron chi connectivity index (χ1n) is 4.95. The van der Waals surface area contributed by atoms with Gasteiger partial charge in [0.05, 0.1) is 12.7 Å². The molecule has 1 aromatic carbocycles. The highest BCUT2D eigenvalue weighted by Crippen LogP contribution is 2.12. The van der Waals surface area contributed by atoms with Gasteiger partial charge in [0, 0.05) is 13.1 Å². The van der Waals surface area contributed by atoms with Crippen LogP contribution in [0.3, 0.4) is 0 Å². The molecular weight excluding hydrogens is 178 g/mol. The summed E-state index contributed by atoms with van der Waals surface area (Å²) in [6, 6.07) is 7.30. The van der Waals surface area contributed by atoms with Crippen molar-refractivity contribution >= 4 is 0 Å². The molecule has 1 aromatic rings. The lowest BCUT2D eigenvalue weighted by Crippen LogP contribution is -2.39. The Hall–Kier alpha value is -1.06. The van der Waals surface area contributed by atoms with Gasteiger partial charge in [-0.1, -0.05) is 12.1 Å². The summed E-state index contributed by atoms with van der Waals surface area (Å²) >= 11 is 0. The summed E-state index contributed by atoms with van der Waals surface area (Å²) in [7, 11) is 0. The molecular formula is C11H15NO2. The zero-order chi connectivity index (χ0) is 9.80. The number of phenols is 1. The lowest BCUT2D eigenvalue weighted by Gasteiger charge is -2.23. The van der Waals surface area contributed by atoms with Gasteiger partial charge in [0.15, 0.2) is 0 Å². The van der Waals surface area contributed by atoms with Crippen molar-refractivity contribution in [3.05, 3.63) is 29.8 Å². The smallest absolute Gasteiger partial charge is 0.115 e. The summed E-state index contributed by atoms with van der Waals surface area (Å²) in [6.07, 6.45) is 1.18. The highest BCUT2D eigenvalue weighted by atomic mass is 16.5. The van der Waals surface area contributed by atoms with E-state index in [1.54, 1.807) is 12.1 Å². The molecule has 1 atom stereocenters. The maximum atomic E-state index is 9.12. The standard InChI is InChI=1S/C11H15NO2/c13-10-3-1-9(2-4-10)7-11-8-12-5-6-14-11/h1-4,11-13H,5-8H2. The molecule has 3 nitrogen and oxygen atoms in total. The van der Waals surface area contributed by atoms with E-state index in [0.29, 0.717) is 5.75 Å². The van der Waals surface area contributed by atoms with Crippen LogP contribution < -0.4 is 5.32 Å². The molecule has 0 amide bonds. The van der Waals surface area contributed by atoms with Crippen LogP contribution in [0.15, 0.2) is 24.3 Å². The quantitative estimate of drug-likeness (QED) is 0.734. The summed E-state index contributed by atoms with van der Waals surface area (Å²) in [4.78, 5) is 0. The van der Waals surface area contributed by atoms with Crippen molar-refractivity contribution in [2.75, 3.05) is 19.7 Å². The Bertz CT molecular complexity index is 278. The summed E-state index contributed by atoms with van der Waals surface area (Å²) in [5.41, 5.74) is 1.21. The van der Waals surface area contributed by atoms with E-state index in [-0.39, 0.29) is 6.10 Å². The Morgan fingerprint density at radius 1 is 1.36 bits per heavy atom. The maximum Gasteiger partial charge on any atom is 0.115 e. The lowest BCUT2D eigenvalue weighted by molar-refractivity contribution is 0.0292. The second kappa shape index (κ2) is 4.44. The van der Waals surface area contributed by atoms with E-state index in [4.69, 9.17) is 9.84 Å². The predicted octanol–water partition coefficient (Wildman–Crippen LogP) is 0.923. The van der Waals surface area contributed by atoms with Crippen molar-refractivity contribution < 1.29 is 9.84 Å². The van der Waals surface area contributed by atoms with Crippen molar-refractivity contribution in [3.63, 3.8) is 0 Å². The van der Waals surface area contributed by atoms with Gasteiger partial charge in [0.2, 0.25) is 0 Å². The van der Waals surface area contributed by atoms with E-state index >= 15 is 0 Å². The summed E-state index contributed by atoms with van der Waals surface area (Å²) in [6.45, 7) is 2.66. The number of nitrogens with one attached hydrogen (secondary N) is 1. The van der Waals surface area contributed by atoms with Crippen molar-refractivity contribution in [1.29, 1.82) is 0 Å². The normalized spacial score (nSPS) is 22.1. The van der Waals surface area contributed by atoms with E-state index in [2.05, 4.69) is 5.32 Å². The predicted molar refractivity (Wildman–Crippen MR) is 54.4 cm³/mol. The minimum Gasteiger partial charge on any atom is -0.508 e. The molecule has 76 valence electrons. The number of rotatable bonds is 2. The van der Waals surface area contributed by atoms with Gasteiger partial charge in [-0.25, -0.2) is 0 Å². The monoisotopic (exact) mass is 193 g/mol. The van der Waals surface area contributed by atoms with E-state index in [1.807, 2.05) is 12.1 Å². The molecule has 0 bridgehead atoms. The van der Waals surface area contributed by atoms with Crippen LogP contribution >= 0.6 is 0 Å². The average Bonchev–Trinajstić information content (AvgIpc) is 2.23. The number of morpholine rings is 1. The number of ether oxygens (including phenoxy) is 1. The Morgan fingerprint density at radius 2 is 2.14 bits per heavy atom. The van der Waals surface area contributed by atoms with Crippen LogP contribution in [-0.2, 0) is 11.2 Å². The molecule has 1 unspecified atom stereocenters. The molecule has 1 saturated heterocycles. The molecule has 0 saturated carbocycles. The molecule has 0 radical (unpaired) electrons. The van der Waals surface area contributed by atoms with Crippen LogP contribution in [0.1, 0.15) is 5.56 Å². The molecule has 1 aliphatic rings. The lowest BCUT2D eigenvalue weighted by atomic mass is 10.1. The van der Waals surface area contributed by atoms with E-state index in [0.717, 1.165) is 26.1 Å². The van der Waals surface area contributed by atoms with Crippen molar-refractivity contribution in [2.45, 2.75) is 12.5 Å². The van der Waals surface area contributed by atoms with E-state index in [9.17, 15) is 0 Å². The topological polar surface area (TPSA) is 41.5 Å². The third-order valence-corrected chi connectivity index (χ3v) is 2.40. The molecule has 3 heteroatoms. The van der Waals surface area contributed by atoms with Gasteiger partial charge < -0.3 is 15.2 Å². The van der Waals surface area contributed by atoms with Crippen molar-refractivity contribution in [3.8, 4) is 5.75 Å². The molecule has 2 N–H and O–H groups in total. The zero-order valence-corrected chi connectivity index (χ0v) is 8.07. The minimum atomic E-state index is 0.272. The largest absolute Gasteiger partial charge is 0.508 e. The van der Waals surface area contributed by atoms with Crippen LogP contribution in [0.4, 0.5) is 0 Å². The third kappa shape index (κ3) is 2.47. The van der Waals surface area contributed by atoms with Crippen molar-refractivity contribution in [1.82, 2.24) is 5.32 Å². The number of hydrogen-bond donors (Lipinski definition) is 2. The van der Waals surface area contributed by atoms with Gasteiger partial charge in [-0.15, -0.1) is 0 Å². The molecule has 0 aliphatic carbocycles. The molecule has 1 aliphatic heterocycles. The first-order valence-corrected chi connectivity index (χ1v) is 4.95. The van der Waals surface area contributed by atoms with Crippen LogP contribution in [0, 0.1) is 0 Å². The molecule has 1 fully saturated rings. The molecule has 0 spiro atoms. The van der Waals surface area contributed by atoms with Gasteiger partial charge in [-0.3, -0.25) is 0 Å². The van der Waals surface area contributed by atoms with Gasteiger partial charge in [-0.05, 0) is 24.1 Å². The molecule has 1 heterocycles. The number of aromatic hydroxyl groups is 1. The Kier molecular flexibility index (Phi) is 3.01. The fourth-order valence-electron chi connectivity index (χ4n) is 1.65. The minimum absolute atomic E-state index is 0.272. The Balaban J connectivity index is 1.92. The van der Waals surface area contributed by atoms with Gasteiger partial charge >= 0.3 is 0 Å². The SMILES string of the molecule is Oc1ccc(CC2CNCCO2)cc1. The second-order valence-corrected chi connectivity index (χ2v) is 3.57. The molecule has 0 aromatic heterocycles. The molecule has 14 heavy (non-hydrogen) atoms. The highest BCUT2D eigenvalue weighted by Gasteiger charge is 2.13. The average molecular weight is 193 g/mol. The summed E-state index contributed by atoms with van der Waals surface area (Å²) in [5.74, 6) is 0.316. The molecule has 2 rings (SSSR count). The second-order valence-electron chi connectivity index (χ2n) is 3.57. The van der Waals surface area contributed by atoms with Crippen LogP contribution in [0.25, 0.3) is 0 Å². The van der Waals surface area contributed by atoms with Crippen LogP contribution in [0.5, 0.6) is 5.75 Å². The summed E-state index contributed by atoms with van der Waals surface area (Å²) < 4.78 is 5.59. The number of benzene rings is 1. The first kappa shape index (κ1) is 9.49. The number of phenolic OH excluding ortho intramolecular Hbond substituents is 1. The third-order valence-electron chi connectivity index (χ3n) is 2.40.